The Kier molecular flexibility index (Phi) is 7.80. The van der Waals surface area contributed by atoms with Gasteiger partial charge in [0.15, 0.2) is 6.61 Å². The molecule has 0 aromatic heterocycles. The largest absolute Gasteiger partial charge is 0.482 e. The third-order valence-electron chi connectivity index (χ3n) is 4.43. The maximum absolute atomic E-state index is 13.4. The molecule has 2 aromatic carbocycles. The lowest BCUT2D eigenvalue weighted by atomic mass is 9.88. The van der Waals surface area contributed by atoms with Crippen molar-refractivity contribution in [2.45, 2.75) is 26.1 Å². The van der Waals surface area contributed by atoms with Gasteiger partial charge >= 0.3 is 12.1 Å². The van der Waals surface area contributed by atoms with E-state index < -0.39 is 17.7 Å². The summed E-state index contributed by atoms with van der Waals surface area (Å²) < 4.78 is 50.4. The number of hydrogen-bond donors (Lipinski definition) is 1. The highest BCUT2D eigenvalue weighted by Crippen LogP contribution is 2.39. The lowest BCUT2D eigenvalue weighted by Crippen LogP contribution is -2.27. The van der Waals surface area contributed by atoms with Gasteiger partial charge in [0.25, 0.3) is 0 Å². The van der Waals surface area contributed by atoms with Crippen molar-refractivity contribution >= 4 is 30.0 Å². The van der Waals surface area contributed by atoms with Gasteiger partial charge in [0, 0.05) is 11.6 Å². The molecule has 29 heavy (non-hydrogen) atoms. The highest BCUT2D eigenvalue weighted by Gasteiger charge is 2.35. The monoisotopic (exact) mass is 449 g/mol. The number of rotatable bonds is 5. The van der Waals surface area contributed by atoms with Gasteiger partial charge in [-0.15, -0.1) is 12.4 Å². The Morgan fingerprint density at radius 2 is 1.97 bits per heavy atom. The van der Waals surface area contributed by atoms with E-state index in [0.717, 1.165) is 6.07 Å². The number of ether oxygens (including phenoxy) is 2. The Hall–Kier alpha value is -1.96. The molecule has 1 N–H and O–H groups in total. The summed E-state index contributed by atoms with van der Waals surface area (Å²) in [6.45, 7) is 2.48. The third kappa shape index (κ3) is 5.56. The molecule has 0 spiro atoms. The molecule has 1 aliphatic heterocycles. The van der Waals surface area contributed by atoms with Crippen LogP contribution in [0.5, 0.6) is 5.75 Å². The molecular weight excluding hydrogens is 430 g/mol. The summed E-state index contributed by atoms with van der Waals surface area (Å²) in [5, 5.41) is 3.48. The van der Waals surface area contributed by atoms with Gasteiger partial charge in [-0.2, -0.15) is 13.2 Å². The second-order valence-corrected chi connectivity index (χ2v) is 6.75. The molecule has 0 bridgehead atoms. The van der Waals surface area contributed by atoms with Crippen LogP contribution >= 0.6 is 24.0 Å². The Morgan fingerprint density at radius 3 is 2.66 bits per heavy atom. The molecular formula is C20H20Cl2F3NO3. The number of benzene rings is 2. The molecule has 4 nitrogen and oxygen atoms in total. The van der Waals surface area contributed by atoms with Crippen molar-refractivity contribution in [2.75, 3.05) is 19.8 Å². The Balaban J connectivity index is 0.00000300. The minimum atomic E-state index is -4.40. The van der Waals surface area contributed by atoms with Crippen LogP contribution in [0.4, 0.5) is 13.2 Å². The summed E-state index contributed by atoms with van der Waals surface area (Å²) >= 11 is 6.17. The first kappa shape index (κ1) is 23.3. The molecule has 3 rings (SSSR count). The van der Waals surface area contributed by atoms with Crippen LogP contribution in [-0.4, -0.2) is 25.7 Å². The van der Waals surface area contributed by atoms with Crippen LogP contribution in [0, 0.1) is 0 Å². The molecule has 0 radical (unpaired) electrons. The molecule has 0 aliphatic carbocycles. The van der Waals surface area contributed by atoms with Crippen molar-refractivity contribution in [3.05, 3.63) is 52.0 Å². The van der Waals surface area contributed by atoms with Crippen molar-refractivity contribution < 1.29 is 27.4 Å². The predicted molar refractivity (Wildman–Crippen MR) is 107 cm³/mol. The lowest BCUT2D eigenvalue weighted by Gasteiger charge is -2.25. The first-order valence-electron chi connectivity index (χ1n) is 8.81. The first-order valence-corrected chi connectivity index (χ1v) is 9.19. The van der Waals surface area contributed by atoms with Gasteiger partial charge in [0.05, 0.1) is 12.2 Å². The summed E-state index contributed by atoms with van der Waals surface area (Å²) in [6, 6.07) is 7.42. The summed E-state index contributed by atoms with van der Waals surface area (Å²) in [5.41, 5.74) is 1.57. The van der Waals surface area contributed by atoms with Crippen molar-refractivity contribution in [3.8, 4) is 16.9 Å². The van der Waals surface area contributed by atoms with E-state index in [9.17, 15) is 18.0 Å². The van der Waals surface area contributed by atoms with Gasteiger partial charge in [-0.05, 0) is 66.4 Å². The van der Waals surface area contributed by atoms with Crippen molar-refractivity contribution in [1.82, 2.24) is 5.32 Å². The predicted octanol–water partition coefficient (Wildman–Crippen LogP) is 5.04. The molecule has 0 atom stereocenters. The van der Waals surface area contributed by atoms with Crippen molar-refractivity contribution in [2.24, 2.45) is 0 Å². The van der Waals surface area contributed by atoms with E-state index in [1.807, 2.05) is 0 Å². The summed E-state index contributed by atoms with van der Waals surface area (Å²) in [4.78, 5) is 11.5. The normalized spacial score (nSPS) is 13.3. The molecule has 0 saturated heterocycles. The van der Waals surface area contributed by atoms with E-state index >= 15 is 0 Å². The van der Waals surface area contributed by atoms with Crippen molar-refractivity contribution in [3.63, 3.8) is 0 Å². The van der Waals surface area contributed by atoms with E-state index in [4.69, 9.17) is 21.1 Å². The van der Waals surface area contributed by atoms with Crippen LogP contribution < -0.4 is 10.1 Å². The minimum Gasteiger partial charge on any atom is -0.482 e. The molecule has 2 aromatic rings. The van der Waals surface area contributed by atoms with Gasteiger partial charge in [0.1, 0.15) is 5.75 Å². The molecule has 1 heterocycles. The highest BCUT2D eigenvalue weighted by atomic mass is 35.5. The van der Waals surface area contributed by atoms with Crippen LogP contribution in [0.25, 0.3) is 11.1 Å². The van der Waals surface area contributed by atoms with E-state index in [1.54, 1.807) is 25.1 Å². The van der Waals surface area contributed by atoms with E-state index in [1.165, 1.54) is 6.07 Å². The SMILES string of the molecule is CCOC(=O)COc1cc(Cl)cc(-c2ccc(C(F)(F)F)c3c2CNCC3)c1.Cl. The van der Waals surface area contributed by atoms with Gasteiger partial charge in [-0.1, -0.05) is 17.7 Å². The molecule has 9 heteroatoms. The van der Waals surface area contributed by atoms with Gasteiger partial charge in [-0.3, -0.25) is 0 Å². The quantitative estimate of drug-likeness (QED) is 0.649. The average molecular weight is 450 g/mol. The Morgan fingerprint density at radius 1 is 1.21 bits per heavy atom. The zero-order valence-electron chi connectivity index (χ0n) is 15.6. The lowest BCUT2D eigenvalue weighted by molar-refractivity contribution is -0.145. The molecule has 0 amide bonds. The molecule has 0 fully saturated rings. The zero-order valence-corrected chi connectivity index (χ0v) is 17.1. The maximum atomic E-state index is 13.4. The maximum Gasteiger partial charge on any atom is 0.416 e. The van der Waals surface area contributed by atoms with Crippen LogP contribution in [0.3, 0.4) is 0 Å². The fourth-order valence-electron chi connectivity index (χ4n) is 3.29. The molecule has 0 saturated carbocycles. The second-order valence-electron chi connectivity index (χ2n) is 6.31. The fraction of sp³-hybridized carbons (Fsp3) is 0.350. The summed E-state index contributed by atoms with van der Waals surface area (Å²) in [6.07, 6.45) is -4.10. The number of hydrogen-bond acceptors (Lipinski definition) is 4. The number of nitrogens with one attached hydrogen (secondary N) is 1. The number of alkyl halides is 3. The standard InChI is InChI=1S/C20H19ClF3NO3.ClH/c1-2-27-19(26)11-28-14-8-12(7-13(21)9-14)15-3-4-18(20(22,23)24)16-5-6-25-10-17(15)16;/h3-4,7-9,25H,2,5-6,10-11H2,1H3;1H. The second kappa shape index (κ2) is 9.69. The van der Waals surface area contributed by atoms with E-state index in [-0.39, 0.29) is 25.6 Å². The molecule has 158 valence electrons. The smallest absolute Gasteiger partial charge is 0.416 e. The number of fused-ring (bicyclic) bond motifs is 1. The summed E-state index contributed by atoms with van der Waals surface area (Å²) in [5.74, 6) is -0.173. The minimum absolute atomic E-state index is 0. The third-order valence-corrected chi connectivity index (χ3v) is 4.65. The van der Waals surface area contributed by atoms with Gasteiger partial charge in [-0.25, -0.2) is 4.79 Å². The van der Waals surface area contributed by atoms with E-state index in [0.29, 0.717) is 52.5 Å². The Bertz CT molecular complexity index is 888. The molecule has 0 unspecified atom stereocenters. The summed E-state index contributed by atoms with van der Waals surface area (Å²) in [7, 11) is 0. The van der Waals surface area contributed by atoms with Gasteiger partial charge < -0.3 is 14.8 Å². The van der Waals surface area contributed by atoms with E-state index in [2.05, 4.69) is 5.32 Å². The number of carbonyl (C=O) groups is 1. The number of esters is 1. The average Bonchev–Trinajstić information content (AvgIpc) is 2.64. The fourth-order valence-corrected chi connectivity index (χ4v) is 3.51. The number of carbonyl (C=O) groups excluding carboxylic acids is 1. The van der Waals surface area contributed by atoms with Crippen LogP contribution in [0.1, 0.15) is 23.6 Å². The Labute approximate surface area is 177 Å². The van der Waals surface area contributed by atoms with Crippen molar-refractivity contribution in [1.29, 1.82) is 0 Å². The molecule has 1 aliphatic rings. The van der Waals surface area contributed by atoms with Crippen LogP contribution in [0.15, 0.2) is 30.3 Å². The van der Waals surface area contributed by atoms with Crippen LogP contribution in [-0.2, 0) is 28.7 Å². The van der Waals surface area contributed by atoms with Gasteiger partial charge in [0.2, 0.25) is 0 Å². The van der Waals surface area contributed by atoms with Crippen LogP contribution in [0.2, 0.25) is 5.02 Å². The topological polar surface area (TPSA) is 47.6 Å². The number of halogens is 5. The highest BCUT2D eigenvalue weighted by molar-refractivity contribution is 6.31. The zero-order chi connectivity index (χ0) is 20.3. The first-order chi connectivity index (χ1) is 13.3.